The molecule has 2 heterocycles. The van der Waals surface area contributed by atoms with E-state index in [9.17, 15) is 0 Å². The van der Waals surface area contributed by atoms with E-state index in [4.69, 9.17) is 0 Å². The summed E-state index contributed by atoms with van der Waals surface area (Å²) in [4.78, 5) is 8.89. The highest BCUT2D eigenvalue weighted by Gasteiger charge is 2.19. The summed E-state index contributed by atoms with van der Waals surface area (Å²) >= 11 is 0. The second kappa shape index (κ2) is 6.81. The molecule has 0 radical (unpaired) electrons. The lowest BCUT2D eigenvalue weighted by molar-refractivity contribution is 0.222. The van der Waals surface area contributed by atoms with Gasteiger partial charge in [0.05, 0.1) is 12.1 Å². The van der Waals surface area contributed by atoms with E-state index >= 15 is 0 Å². The van der Waals surface area contributed by atoms with E-state index < -0.39 is 0 Å². The van der Waals surface area contributed by atoms with Gasteiger partial charge in [-0.05, 0) is 40.1 Å². The number of rotatable bonds is 2. The summed E-state index contributed by atoms with van der Waals surface area (Å²) in [5.41, 5.74) is -0.112. The lowest BCUT2D eigenvalue weighted by Crippen LogP contribution is -2.34. The van der Waals surface area contributed by atoms with Crippen molar-refractivity contribution in [3.8, 4) is 0 Å². The zero-order valence-corrected chi connectivity index (χ0v) is 14.1. The Bertz CT molecular complexity index is 423. The first-order valence-corrected chi connectivity index (χ1v) is 7.73. The third-order valence-corrected chi connectivity index (χ3v) is 3.88. The van der Waals surface area contributed by atoms with Crippen LogP contribution in [-0.4, -0.2) is 88.3 Å². The highest BCUT2D eigenvalue weighted by atomic mass is 15.6. The van der Waals surface area contributed by atoms with Crippen molar-refractivity contribution < 1.29 is 0 Å². The Balaban J connectivity index is 1.97. The van der Waals surface area contributed by atoms with Crippen molar-refractivity contribution in [2.75, 3.05) is 53.4 Å². The molecule has 2 rings (SSSR count). The first-order chi connectivity index (χ1) is 9.84. The average Bonchev–Trinajstić information content (AvgIpc) is 2.88. The third kappa shape index (κ3) is 5.01. The molecule has 7 nitrogen and oxygen atoms in total. The standard InChI is InChI=1S/C14H29N7/c1-14(2,3)21-16-13(15-17-21)12-20-10-8-18(4)6-7-19(5)9-11-20/h6-12H2,1-5H3. The number of tetrazole rings is 1. The number of nitrogens with zero attached hydrogens (tertiary/aromatic N) is 7. The van der Waals surface area contributed by atoms with Crippen molar-refractivity contribution in [2.24, 2.45) is 0 Å². The van der Waals surface area contributed by atoms with Crippen LogP contribution >= 0.6 is 0 Å². The number of likely N-dealkylation sites (N-methyl/N-ethyl adjacent to an activating group) is 2. The second-order valence-electron chi connectivity index (χ2n) is 7.05. The molecule has 0 amide bonds. The Labute approximate surface area is 127 Å². The summed E-state index contributed by atoms with van der Waals surface area (Å²) in [6.07, 6.45) is 0. The van der Waals surface area contributed by atoms with E-state index in [1.165, 1.54) is 0 Å². The second-order valence-corrected chi connectivity index (χ2v) is 7.05. The van der Waals surface area contributed by atoms with Crippen molar-refractivity contribution in [1.82, 2.24) is 34.9 Å². The molecule has 0 atom stereocenters. The van der Waals surface area contributed by atoms with Crippen molar-refractivity contribution in [3.05, 3.63) is 5.82 Å². The lowest BCUT2D eigenvalue weighted by Gasteiger charge is -2.22. The lowest BCUT2D eigenvalue weighted by atomic mass is 10.1. The zero-order valence-electron chi connectivity index (χ0n) is 14.1. The molecule has 21 heavy (non-hydrogen) atoms. The van der Waals surface area contributed by atoms with Crippen molar-refractivity contribution in [3.63, 3.8) is 0 Å². The van der Waals surface area contributed by atoms with Crippen molar-refractivity contribution in [1.29, 1.82) is 0 Å². The summed E-state index contributed by atoms with van der Waals surface area (Å²) < 4.78 is 0. The Hall–Kier alpha value is -1.05. The van der Waals surface area contributed by atoms with Crippen LogP contribution in [0.1, 0.15) is 26.6 Å². The van der Waals surface area contributed by atoms with Crippen LogP contribution in [0.25, 0.3) is 0 Å². The fourth-order valence-corrected chi connectivity index (χ4v) is 2.25. The summed E-state index contributed by atoms with van der Waals surface area (Å²) in [5.74, 6) is 0.814. The van der Waals surface area contributed by atoms with E-state index in [0.717, 1.165) is 51.6 Å². The van der Waals surface area contributed by atoms with Gasteiger partial charge in [-0.3, -0.25) is 4.90 Å². The topological polar surface area (TPSA) is 53.3 Å². The fraction of sp³-hybridized carbons (Fsp3) is 0.929. The van der Waals surface area contributed by atoms with Gasteiger partial charge in [0.15, 0.2) is 5.82 Å². The van der Waals surface area contributed by atoms with E-state index in [-0.39, 0.29) is 5.54 Å². The van der Waals surface area contributed by atoms with E-state index in [0.29, 0.717) is 0 Å². The van der Waals surface area contributed by atoms with Crippen molar-refractivity contribution in [2.45, 2.75) is 32.9 Å². The van der Waals surface area contributed by atoms with Crippen LogP contribution in [0.3, 0.4) is 0 Å². The van der Waals surface area contributed by atoms with Gasteiger partial charge in [0.2, 0.25) is 0 Å². The third-order valence-electron chi connectivity index (χ3n) is 3.88. The zero-order chi connectivity index (χ0) is 15.5. The maximum absolute atomic E-state index is 4.52. The molecular weight excluding hydrogens is 266 g/mol. The first kappa shape index (κ1) is 16.3. The molecule has 0 bridgehead atoms. The molecule has 1 fully saturated rings. The SMILES string of the molecule is CN1CCN(C)CCN(Cc2nnn(C(C)(C)C)n2)CC1. The molecule has 0 unspecified atom stereocenters. The van der Waals surface area contributed by atoms with Crippen LogP contribution in [0.2, 0.25) is 0 Å². The molecule has 0 N–H and O–H groups in total. The minimum atomic E-state index is -0.112. The largest absolute Gasteiger partial charge is 0.304 e. The van der Waals surface area contributed by atoms with Gasteiger partial charge in [0.1, 0.15) is 0 Å². The molecule has 0 aliphatic carbocycles. The van der Waals surface area contributed by atoms with Gasteiger partial charge in [-0.1, -0.05) is 0 Å². The minimum Gasteiger partial charge on any atom is -0.304 e. The summed E-state index contributed by atoms with van der Waals surface area (Å²) in [7, 11) is 4.37. The molecule has 120 valence electrons. The van der Waals surface area contributed by atoms with E-state index in [1.807, 2.05) is 0 Å². The van der Waals surface area contributed by atoms with Crippen LogP contribution in [-0.2, 0) is 12.1 Å². The van der Waals surface area contributed by atoms with Gasteiger partial charge in [0, 0.05) is 39.3 Å². The molecule has 0 spiro atoms. The van der Waals surface area contributed by atoms with Crippen LogP contribution in [0, 0.1) is 0 Å². The summed E-state index contributed by atoms with van der Waals surface area (Å²) in [5, 5.41) is 12.9. The molecule has 0 saturated carbocycles. The Morgan fingerprint density at radius 1 is 0.905 bits per heavy atom. The molecule has 7 heteroatoms. The smallest absolute Gasteiger partial charge is 0.188 e. The highest BCUT2D eigenvalue weighted by molar-refractivity contribution is 4.81. The molecule has 1 aliphatic heterocycles. The van der Waals surface area contributed by atoms with E-state index in [1.54, 1.807) is 4.80 Å². The molecule has 1 saturated heterocycles. The number of hydrogen-bond donors (Lipinski definition) is 0. The Morgan fingerprint density at radius 2 is 1.43 bits per heavy atom. The Morgan fingerprint density at radius 3 is 1.90 bits per heavy atom. The van der Waals surface area contributed by atoms with Crippen molar-refractivity contribution >= 4 is 0 Å². The predicted octanol–water partition coefficient (Wildman–Crippen LogP) is 0.107. The molecule has 0 aromatic carbocycles. The molecular formula is C14H29N7. The molecule has 1 aromatic rings. The normalized spacial score (nSPS) is 21.0. The molecule has 1 aromatic heterocycles. The quantitative estimate of drug-likeness (QED) is 0.772. The highest BCUT2D eigenvalue weighted by Crippen LogP contribution is 2.10. The number of aromatic nitrogens is 4. The van der Waals surface area contributed by atoms with Crippen LogP contribution in [0.4, 0.5) is 0 Å². The van der Waals surface area contributed by atoms with Gasteiger partial charge >= 0.3 is 0 Å². The summed E-state index contributed by atoms with van der Waals surface area (Å²) in [6.45, 7) is 13.6. The Kier molecular flexibility index (Phi) is 5.29. The maximum Gasteiger partial charge on any atom is 0.188 e. The van der Waals surface area contributed by atoms with Gasteiger partial charge < -0.3 is 9.80 Å². The average molecular weight is 295 g/mol. The van der Waals surface area contributed by atoms with Crippen LogP contribution in [0.15, 0.2) is 0 Å². The maximum atomic E-state index is 4.52. The van der Waals surface area contributed by atoms with Gasteiger partial charge in [-0.15, -0.1) is 10.2 Å². The molecule has 1 aliphatic rings. The number of hydrogen-bond acceptors (Lipinski definition) is 6. The van der Waals surface area contributed by atoms with Gasteiger partial charge in [-0.2, -0.15) is 4.80 Å². The predicted molar refractivity (Wildman–Crippen MR) is 83.1 cm³/mol. The van der Waals surface area contributed by atoms with Gasteiger partial charge in [-0.25, -0.2) is 0 Å². The van der Waals surface area contributed by atoms with Crippen LogP contribution in [0.5, 0.6) is 0 Å². The fourth-order valence-electron chi connectivity index (χ4n) is 2.25. The minimum absolute atomic E-state index is 0.112. The van der Waals surface area contributed by atoms with E-state index in [2.05, 4.69) is 65.0 Å². The monoisotopic (exact) mass is 295 g/mol. The first-order valence-electron chi connectivity index (χ1n) is 7.73. The summed E-state index contributed by atoms with van der Waals surface area (Å²) in [6, 6.07) is 0. The van der Waals surface area contributed by atoms with Crippen LogP contribution < -0.4 is 0 Å². The van der Waals surface area contributed by atoms with Gasteiger partial charge in [0.25, 0.3) is 0 Å².